The van der Waals surface area contributed by atoms with Gasteiger partial charge >= 0.3 is 5.97 Å². The van der Waals surface area contributed by atoms with Crippen LogP contribution in [0.25, 0.3) is 28.0 Å². The van der Waals surface area contributed by atoms with E-state index >= 15 is 0 Å². The Labute approximate surface area is 277 Å². The summed E-state index contributed by atoms with van der Waals surface area (Å²) < 4.78 is 20.8. The molecule has 1 fully saturated rings. The van der Waals surface area contributed by atoms with Crippen LogP contribution in [-0.4, -0.2) is 56.1 Å². The lowest BCUT2D eigenvalue weighted by atomic mass is 9.92. The minimum Gasteiger partial charge on any atom is -0.495 e. The highest BCUT2D eigenvalue weighted by Crippen LogP contribution is 2.39. The molecule has 0 saturated carbocycles. The van der Waals surface area contributed by atoms with Crippen molar-refractivity contribution in [3.05, 3.63) is 77.7 Å². The van der Waals surface area contributed by atoms with Gasteiger partial charge in [-0.3, -0.25) is 0 Å². The van der Waals surface area contributed by atoms with E-state index in [0.29, 0.717) is 35.8 Å². The molecule has 2 aromatic carbocycles. The topological polar surface area (TPSA) is 98.4 Å². The number of carboxylic acid groups (broad SMARTS) is 1. The second kappa shape index (κ2) is 12.7. The van der Waals surface area contributed by atoms with Crippen molar-refractivity contribution < 1.29 is 24.1 Å². The summed E-state index contributed by atoms with van der Waals surface area (Å²) in [6, 6.07) is 16.6. The minimum absolute atomic E-state index is 0.0194. The highest BCUT2D eigenvalue weighted by Gasteiger charge is 2.38. The van der Waals surface area contributed by atoms with E-state index in [4.69, 9.17) is 24.3 Å². The van der Waals surface area contributed by atoms with Gasteiger partial charge in [0.05, 0.1) is 29.2 Å². The fraction of sp³-hybridized carbons (Fsp3) is 0.447. The van der Waals surface area contributed by atoms with Crippen LogP contribution in [0.5, 0.6) is 5.75 Å². The van der Waals surface area contributed by atoms with Crippen LogP contribution in [0.15, 0.2) is 60.9 Å². The SMILES string of the molecule is Cc1ccc2c(c1)-c1cccc(c1)-c1cc3nc(C)c(C(OC(C)(C)C)C(=O)O)c(n3n1)N1CCC(C)(CC1)OC=CCCC(C)O2. The molecule has 4 aromatic rings. The maximum atomic E-state index is 12.8. The van der Waals surface area contributed by atoms with Gasteiger partial charge in [0.25, 0.3) is 0 Å². The van der Waals surface area contributed by atoms with Crippen molar-refractivity contribution in [2.24, 2.45) is 0 Å². The number of nitrogens with zero attached hydrogens (tertiary/aromatic N) is 4. The number of hydrogen-bond donors (Lipinski definition) is 1. The molecule has 0 amide bonds. The van der Waals surface area contributed by atoms with Crippen LogP contribution in [0.1, 0.15) is 83.2 Å². The van der Waals surface area contributed by atoms with Crippen LogP contribution >= 0.6 is 0 Å². The lowest BCUT2D eigenvalue weighted by molar-refractivity contribution is -0.160. The minimum atomic E-state index is -1.22. The van der Waals surface area contributed by atoms with E-state index < -0.39 is 17.7 Å². The third kappa shape index (κ3) is 7.00. The fourth-order valence-corrected chi connectivity index (χ4v) is 6.47. The molecule has 248 valence electrons. The first-order valence-electron chi connectivity index (χ1n) is 16.6. The molecule has 3 aliphatic rings. The van der Waals surface area contributed by atoms with Crippen LogP contribution in [0, 0.1) is 13.8 Å². The Hall–Kier alpha value is -4.37. The summed E-state index contributed by atoms with van der Waals surface area (Å²) in [6.45, 7) is 15.1. The summed E-state index contributed by atoms with van der Waals surface area (Å²) in [5.41, 5.74) is 5.59. The molecule has 0 radical (unpaired) electrons. The zero-order chi connectivity index (χ0) is 33.5. The van der Waals surface area contributed by atoms with E-state index in [0.717, 1.165) is 59.4 Å². The molecular weight excluding hydrogens is 592 g/mol. The molecule has 2 unspecified atom stereocenters. The van der Waals surface area contributed by atoms with E-state index in [1.807, 2.05) is 52.2 Å². The normalized spacial score (nSPS) is 20.8. The second-order valence-corrected chi connectivity index (χ2v) is 14.2. The van der Waals surface area contributed by atoms with Crippen molar-refractivity contribution in [2.75, 3.05) is 18.0 Å². The van der Waals surface area contributed by atoms with Crippen molar-refractivity contribution in [1.82, 2.24) is 14.6 Å². The molecule has 3 aliphatic heterocycles. The standard InChI is InChI=1S/C38H46N4O5/c1-24-14-15-31-29(21-24)27-12-10-13-28(22-27)30-23-32-39-26(3)33(34(36(43)44)47-37(4,5)6)35(42(32)40-30)41-18-16-38(7,17-19-41)45-20-9-8-11-25(2)46-31/h9-10,12-15,20-23,25,34H,8,11,16-19H2,1-7H3,(H,43,44). The summed E-state index contributed by atoms with van der Waals surface area (Å²) >= 11 is 0. The molecule has 9 heteroatoms. The Balaban J connectivity index is 1.55. The highest BCUT2D eigenvalue weighted by atomic mass is 16.5. The number of allylic oxidation sites excluding steroid dienone is 1. The van der Waals surface area contributed by atoms with E-state index in [1.165, 1.54) is 0 Å². The summed E-state index contributed by atoms with van der Waals surface area (Å²) in [5, 5.41) is 15.6. The second-order valence-electron chi connectivity index (χ2n) is 14.2. The lowest BCUT2D eigenvalue weighted by Gasteiger charge is -2.41. The molecule has 7 rings (SSSR count). The third-order valence-corrected chi connectivity index (χ3v) is 9.00. The summed E-state index contributed by atoms with van der Waals surface area (Å²) in [5.74, 6) is 0.472. The maximum Gasteiger partial charge on any atom is 0.337 e. The average molecular weight is 639 g/mol. The van der Waals surface area contributed by atoms with E-state index in [9.17, 15) is 9.90 Å². The molecule has 9 nitrogen and oxygen atoms in total. The van der Waals surface area contributed by atoms with Gasteiger partial charge in [0.1, 0.15) is 17.2 Å². The molecule has 2 atom stereocenters. The number of fused-ring (bicyclic) bond motifs is 7. The number of hydrogen-bond acceptors (Lipinski definition) is 7. The average Bonchev–Trinajstić information content (AvgIpc) is 3.43. The summed E-state index contributed by atoms with van der Waals surface area (Å²) in [7, 11) is 0. The van der Waals surface area contributed by atoms with Gasteiger partial charge < -0.3 is 24.2 Å². The van der Waals surface area contributed by atoms with Gasteiger partial charge in [0, 0.05) is 48.8 Å². The number of aryl methyl sites for hydroxylation is 2. The van der Waals surface area contributed by atoms with Crippen LogP contribution in [0.3, 0.4) is 0 Å². The number of rotatable bonds is 3. The number of benzene rings is 2. The molecule has 47 heavy (non-hydrogen) atoms. The molecule has 6 bridgehead atoms. The number of anilines is 1. The molecule has 1 saturated heterocycles. The van der Waals surface area contributed by atoms with Crippen molar-refractivity contribution in [1.29, 1.82) is 0 Å². The van der Waals surface area contributed by atoms with Crippen molar-refractivity contribution >= 4 is 17.4 Å². The largest absolute Gasteiger partial charge is 0.495 e. The van der Waals surface area contributed by atoms with Crippen molar-refractivity contribution in [3.63, 3.8) is 0 Å². The summed E-state index contributed by atoms with van der Waals surface area (Å²) in [6.07, 6.45) is 5.91. The number of carboxylic acids is 1. The third-order valence-electron chi connectivity index (χ3n) is 9.00. The Morgan fingerprint density at radius 3 is 2.55 bits per heavy atom. The molecular formula is C38H46N4O5. The number of ether oxygens (including phenoxy) is 3. The summed E-state index contributed by atoms with van der Waals surface area (Å²) in [4.78, 5) is 19.9. The number of piperidine rings is 1. The predicted octanol–water partition coefficient (Wildman–Crippen LogP) is 8.07. The monoisotopic (exact) mass is 638 g/mol. The zero-order valence-corrected chi connectivity index (χ0v) is 28.5. The van der Waals surface area contributed by atoms with Crippen LogP contribution in [-0.2, 0) is 14.3 Å². The van der Waals surface area contributed by atoms with Gasteiger partial charge in [-0.2, -0.15) is 9.61 Å². The quantitative estimate of drug-likeness (QED) is 0.241. The number of aliphatic carboxylic acids is 1. The predicted molar refractivity (Wildman–Crippen MR) is 184 cm³/mol. The highest BCUT2D eigenvalue weighted by molar-refractivity contribution is 5.80. The Bertz CT molecular complexity index is 1810. The van der Waals surface area contributed by atoms with E-state index in [1.54, 1.807) is 4.52 Å². The Morgan fingerprint density at radius 1 is 1.09 bits per heavy atom. The Kier molecular flexibility index (Phi) is 8.78. The fourth-order valence-electron chi connectivity index (χ4n) is 6.47. The van der Waals surface area contributed by atoms with Gasteiger partial charge in [0.2, 0.25) is 0 Å². The molecule has 1 N–H and O–H groups in total. The first-order valence-corrected chi connectivity index (χ1v) is 16.6. The maximum absolute atomic E-state index is 12.8. The van der Waals surface area contributed by atoms with Crippen molar-refractivity contribution in [2.45, 2.75) is 97.6 Å². The van der Waals surface area contributed by atoms with Crippen LogP contribution in [0.2, 0.25) is 0 Å². The molecule has 0 aliphatic carbocycles. The smallest absolute Gasteiger partial charge is 0.337 e. The molecule has 0 spiro atoms. The first kappa shape index (κ1) is 32.6. The number of aromatic nitrogens is 3. The van der Waals surface area contributed by atoms with Gasteiger partial charge in [-0.05, 0) is 91.1 Å². The van der Waals surface area contributed by atoms with Gasteiger partial charge in [-0.25, -0.2) is 9.78 Å². The first-order chi connectivity index (χ1) is 22.3. The molecule has 2 aromatic heterocycles. The van der Waals surface area contributed by atoms with Gasteiger partial charge in [-0.1, -0.05) is 29.8 Å². The zero-order valence-electron chi connectivity index (χ0n) is 28.5. The molecule has 5 heterocycles. The van der Waals surface area contributed by atoms with Crippen LogP contribution in [0.4, 0.5) is 5.82 Å². The van der Waals surface area contributed by atoms with Gasteiger partial charge in [-0.15, -0.1) is 0 Å². The van der Waals surface area contributed by atoms with E-state index in [-0.39, 0.29) is 11.7 Å². The Morgan fingerprint density at radius 2 is 1.83 bits per heavy atom. The van der Waals surface area contributed by atoms with Gasteiger partial charge in [0.15, 0.2) is 11.8 Å². The van der Waals surface area contributed by atoms with Crippen molar-refractivity contribution in [3.8, 4) is 28.1 Å². The lowest BCUT2D eigenvalue weighted by Crippen LogP contribution is -2.45. The van der Waals surface area contributed by atoms with Crippen LogP contribution < -0.4 is 9.64 Å². The van der Waals surface area contributed by atoms with E-state index in [2.05, 4.69) is 62.1 Å². The number of carbonyl (C=O) groups is 1.